The third-order valence-corrected chi connectivity index (χ3v) is 8.27. The van der Waals surface area contributed by atoms with Crippen LogP contribution in [0.3, 0.4) is 0 Å². The van der Waals surface area contributed by atoms with Crippen LogP contribution in [0.4, 0.5) is 0 Å². The maximum Gasteiger partial charge on any atom is 0.251 e. The summed E-state index contributed by atoms with van der Waals surface area (Å²) in [5.41, 5.74) is 1.32. The van der Waals surface area contributed by atoms with Gasteiger partial charge in [-0.05, 0) is 48.4 Å². The molecule has 2 aromatic carbocycles. The number of nitrogens with one attached hydrogen (secondary N) is 1. The van der Waals surface area contributed by atoms with Crippen LogP contribution in [0.1, 0.15) is 28.4 Å². The van der Waals surface area contributed by atoms with Gasteiger partial charge in [0.15, 0.2) is 0 Å². The monoisotopic (exact) mass is 452 g/mol. The van der Waals surface area contributed by atoms with E-state index in [0.29, 0.717) is 36.9 Å². The van der Waals surface area contributed by atoms with Gasteiger partial charge >= 0.3 is 0 Å². The molecule has 1 fully saturated rings. The van der Waals surface area contributed by atoms with Gasteiger partial charge in [-0.1, -0.05) is 17.7 Å². The summed E-state index contributed by atoms with van der Waals surface area (Å²) in [7, 11) is -3.65. The van der Waals surface area contributed by atoms with Crippen molar-refractivity contribution < 1.29 is 17.9 Å². The van der Waals surface area contributed by atoms with Crippen LogP contribution < -0.4 is 5.32 Å². The molecular formula is C20H21ClN2O4S2. The Kier molecular flexibility index (Phi) is 6.17. The van der Waals surface area contributed by atoms with Crippen molar-refractivity contribution in [1.82, 2.24) is 9.62 Å². The number of thioether (sulfide) groups is 1. The van der Waals surface area contributed by atoms with Crippen molar-refractivity contribution in [2.75, 3.05) is 32.1 Å². The lowest BCUT2D eigenvalue weighted by molar-refractivity contribution is 0.0730. The van der Waals surface area contributed by atoms with Crippen molar-refractivity contribution in [2.24, 2.45) is 0 Å². The minimum atomic E-state index is -3.65. The lowest BCUT2D eigenvalue weighted by Crippen LogP contribution is -2.40. The fourth-order valence-corrected chi connectivity index (χ4v) is 6.23. The van der Waals surface area contributed by atoms with Crippen molar-refractivity contribution >= 4 is 39.3 Å². The highest BCUT2D eigenvalue weighted by atomic mass is 35.5. The minimum Gasteiger partial charge on any atom is -0.379 e. The van der Waals surface area contributed by atoms with E-state index < -0.39 is 10.0 Å². The van der Waals surface area contributed by atoms with Crippen molar-refractivity contribution in [1.29, 1.82) is 0 Å². The van der Waals surface area contributed by atoms with E-state index in [4.69, 9.17) is 16.3 Å². The summed E-state index contributed by atoms with van der Waals surface area (Å²) in [5, 5.41) is 3.67. The van der Waals surface area contributed by atoms with Gasteiger partial charge in [0.25, 0.3) is 5.91 Å². The number of nitrogens with zero attached hydrogens (tertiary/aromatic N) is 1. The molecule has 1 saturated heterocycles. The largest absolute Gasteiger partial charge is 0.379 e. The zero-order valence-electron chi connectivity index (χ0n) is 15.6. The molecule has 6 nitrogen and oxygen atoms in total. The average molecular weight is 453 g/mol. The normalized spacial score (nSPS) is 20.1. The van der Waals surface area contributed by atoms with Gasteiger partial charge in [0.1, 0.15) is 0 Å². The second kappa shape index (κ2) is 8.65. The molecule has 2 heterocycles. The molecule has 2 aliphatic rings. The zero-order chi connectivity index (χ0) is 20.4. The molecule has 1 amide bonds. The Balaban J connectivity index is 1.55. The van der Waals surface area contributed by atoms with Gasteiger partial charge < -0.3 is 10.1 Å². The maximum atomic E-state index is 12.9. The predicted octanol–water partition coefficient (Wildman–Crippen LogP) is 3.33. The molecule has 1 unspecified atom stereocenters. The fourth-order valence-electron chi connectivity index (χ4n) is 3.49. The molecule has 29 heavy (non-hydrogen) atoms. The number of hydrogen-bond donors (Lipinski definition) is 1. The number of fused-ring (bicyclic) bond motifs is 1. The second-order valence-electron chi connectivity index (χ2n) is 6.89. The SMILES string of the molecule is O=C(NC1CCSc2ccc(Cl)cc21)c1cccc(S(=O)(=O)N2CCOCC2)c1. The number of hydrogen-bond acceptors (Lipinski definition) is 5. The number of rotatable bonds is 4. The first-order chi connectivity index (χ1) is 13.9. The minimum absolute atomic E-state index is 0.120. The Morgan fingerprint density at radius 3 is 2.76 bits per heavy atom. The third kappa shape index (κ3) is 4.46. The summed E-state index contributed by atoms with van der Waals surface area (Å²) >= 11 is 7.88. The molecule has 1 N–H and O–H groups in total. The molecule has 0 radical (unpaired) electrons. The highest BCUT2D eigenvalue weighted by molar-refractivity contribution is 7.99. The molecule has 0 bridgehead atoms. The quantitative estimate of drug-likeness (QED) is 0.770. The van der Waals surface area contributed by atoms with Gasteiger partial charge in [-0.3, -0.25) is 4.79 Å². The lowest BCUT2D eigenvalue weighted by atomic mass is 10.0. The predicted molar refractivity (Wildman–Crippen MR) is 113 cm³/mol. The van der Waals surface area contributed by atoms with Gasteiger partial charge in [0.05, 0.1) is 24.2 Å². The Labute approximate surface area is 179 Å². The van der Waals surface area contributed by atoms with Crippen LogP contribution in [0.2, 0.25) is 5.02 Å². The number of sulfonamides is 1. The van der Waals surface area contributed by atoms with Crippen molar-refractivity contribution in [3.8, 4) is 0 Å². The molecule has 9 heteroatoms. The van der Waals surface area contributed by atoms with E-state index in [2.05, 4.69) is 5.32 Å². The van der Waals surface area contributed by atoms with E-state index in [9.17, 15) is 13.2 Å². The van der Waals surface area contributed by atoms with Crippen LogP contribution in [0, 0.1) is 0 Å². The number of benzene rings is 2. The van der Waals surface area contributed by atoms with E-state index in [-0.39, 0.29) is 16.8 Å². The zero-order valence-corrected chi connectivity index (χ0v) is 18.0. The van der Waals surface area contributed by atoms with Gasteiger partial charge in [-0.15, -0.1) is 11.8 Å². The number of ether oxygens (including phenoxy) is 1. The average Bonchev–Trinajstić information content (AvgIpc) is 2.75. The molecule has 0 spiro atoms. The summed E-state index contributed by atoms with van der Waals surface area (Å²) in [6.45, 7) is 1.38. The van der Waals surface area contributed by atoms with Gasteiger partial charge in [0.2, 0.25) is 10.0 Å². The lowest BCUT2D eigenvalue weighted by Gasteiger charge is -2.27. The summed E-state index contributed by atoms with van der Waals surface area (Å²) < 4.78 is 32.4. The summed E-state index contributed by atoms with van der Waals surface area (Å²) in [5.74, 6) is 0.595. The molecule has 1 atom stereocenters. The first kappa shape index (κ1) is 20.7. The van der Waals surface area contributed by atoms with E-state index in [1.165, 1.54) is 16.4 Å². The molecule has 0 aromatic heterocycles. The topological polar surface area (TPSA) is 75.7 Å². The van der Waals surface area contributed by atoms with E-state index in [1.807, 2.05) is 18.2 Å². The third-order valence-electron chi connectivity index (χ3n) is 5.02. The first-order valence-corrected chi connectivity index (χ1v) is 12.2. The number of carbonyl (C=O) groups excluding carboxylic acids is 1. The highest BCUT2D eigenvalue weighted by Crippen LogP contribution is 2.37. The highest BCUT2D eigenvalue weighted by Gasteiger charge is 2.28. The standard InChI is InChI=1S/C20H21ClN2O4S2/c21-15-4-5-19-17(13-15)18(6-11-28-19)22-20(24)14-2-1-3-16(12-14)29(25,26)23-7-9-27-10-8-23/h1-5,12-13,18H,6-11H2,(H,22,24). The van der Waals surface area contributed by atoms with Crippen LogP contribution in [0.25, 0.3) is 0 Å². The summed E-state index contributed by atoms with van der Waals surface area (Å²) in [4.78, 5) is 14.1. The summed E-state index contributed by atoms with van der Waals surface area (Å²) in [6, 6.07) is 11.7. The summed E-state index contributed by atoms with van der Waals surface area (Å²) in [6.07, 6.45) is 0.787. The van der Waals surface area contributed by atoms with Crippen LogP contribution in [-0.4, -0.2) is 50.7 Å². The van der Waals surface area contributed by atoms with Crippen LogP contribution in [0.5, 0.6) is 0 Å². The van der Waals surface area contributed by atoms with Crippen LogP contribution in [-0.2, 0) is 14.8 Å². The molecule has 154 valence electrons. The smallest absolute Gasteiger partial charge is 0.251 e. The molecule has 2 aliphatic heterocycles. The first-order valence-electron chi connectivity index (χ1n) is 9.36. The van der Waals surface area contributed by atoms with Crippen molar-refractivity contribution in [3.05, 3.63) is 58.6 Å². The van der Waals surface area contributed by atoms with Crippen molar-refractivity contribution in [2.45, 2.75) is 22.3 Å². The van der Waals surface area contributed by atoms with Gasteiger partial charge in [-0.25, -0.2) is 8.42 Å². The Bertz CT molecular complexity index is 1020. The molecular weight excluding hydrogens is 432 g/mol. The second-order valence-corrected chi connectivity index (χ2v) is 10.4. The molecule has 0 aliphatic carbocycles. The number of halogens is 1. The van der Waals surface area contributed by atoms with Crippen molar-refractivity contribution in [3.63, 3.8) is 0 Å². The Morgan fingerprint density at radius 1 is 1.17 bits per heavy atom. The molecule has 2 aromatic rings. The molecule has 0 saturated carbocycles. The van der Waals surface area contributed by atoms with E-state index in [0.717, 1.165) is 22.6 Å². The Hall–Kier alpha value is -1.58. The number of amides is 1. The number of carbonyl (C=O) groups is 1. The fraction of sp³-hybridized carbons (Fsp3) is 0.350. The van der Waals surface area contributed by atoms with E-state index >= 15 is 0 Å². The van der Waals surface area contributed by atoms with E-state index in [1.54, 1.807) is 23.9 Å². The van der Waals surface area contributed by atoms with Crippen LogP contribution in [0.15, 0.2) is 52.3 Å². The molecule has 4 rings (SSSR count). The maximum absolute atomic E-state index is 12.9. The van der Waals surface area contributed by atoms with Gasteiger partial charge in [0, 0.05) is 34.3 Å². The van der Waals surface area contributed by atoms with Crippen LogP contribution >= 0.6 is 23.4 Å². The Morgan fingerprint density at radius 2 is 1.97 bits per heavy atom. The number of morpholine rings is 1. The van der Waals surface area contributed by atoms with Gasteiger partial charge in [-0.2, -0.15) is 4.31 Å².